The van der Waals surface area contributed by atoms with Crippen molar-refractivity contribution in [1.29, 1.82) is 0 Å². The van der Waals surface area contributed by atoms with Gasteiger partial charge in [-0.25, -0.2) is 0 Å². The zero-order valence-corrected chi connectivity index (χ0v) is 10.6. The Kier molecular flexibility index (Phi) is 3.32. The van der Waals surface area contributed by atoms with Crippen LogP contribution in [0.5, 0.6) is 0 Å². The molecule has 1 aromatic carbocycles. The molecule has 0 bridgehead atoms. The van der Waals surface area contributed by atoms with E-state index >= 15 is 0 Å². The number of nitrogens with zero attached hydrogens (tertiary/aromatic N) is 1. The van der Waals surface area contributed by atoms with Gasteiger partial charge in [-0.05, 0) is 43.5 Å². The van der Waals surface area contributed by atoms with E-state index in [-0.39, 0.29) is 0 Å². The van der Waals surface area contributed by atoms with Gasteiger partial charge in [0.1, 0.15) is 0 Å². The quantitative estimate of drug-likeness (QED) is 0.852. The molecule has 1 saturated carbocycles. The molecular formula is C12H17BrN2. The van der Waals surface area contributed by atoms with Crippen LogP contribution in [0, 0.1) is 5.92 Å². The topological polar surface area (TPSA) is 29.3 Å². The number of benzene rings is 1. The summed E-state index contributed by atoms with van der Waals surface area (Å²) < 4.78 is 1.05. The highest BCUT2D eigenvalue weighted by Crippen LogP contribution is 2.30. The summed E-state index contributed by atoms with van der Waals surface area (Å²) in [7, 11) is 2.17. The number of halogens is 1. The van der Waals surface area contributed by atoms with Crippen LogP contribution in [0.1, 0.15) is 18.4 Å². The summed E-state index contributed by atoms with van der Waals surface area (Å²) in [6, 6.07) is 6.12. The van der Waals surface area contributed by atoms with Crippen molar-refractivity contribution in [2.45, 2.75) is 19.4 Å². The van der Waals surface area contributed by atoms with Crippen LogP contribution in [-0.4, -0.2) is 18.5 Å². The van der Waals surface area contributed by atoms with Gasteiger partial charge >= 0.3 is 0 Å². The molecule has 15 heavy (non-hydrogen) atoms. The van der Waals surface area contributed by atoms with E-state index in [4.69, 9.17) is 5.73 Å². The molecule has 1 aliphatic carbocycles. The molecule has 2 nitrogen and oxygen atoms in total. The van der Waals surface area contributed by atoms with Crippen LogP contribution in [0.3, 0.4) is 0 Å². The fraction of sp³-hybridized carbons (Fsp3) is 0.500. The Labute approximate surface area is 99.6 Å². The lowest BCUT2D eigenvalue weighted by Gasteiger charge is -2.17. The summed E-state index contributed by atoms with van der Waals surface area (Å²) in [5.41, 5.74) is 8.06. The van der Waals surface area contributed by atoms with Crippen molar-refractivity contribution < 1.29 is 0 Å². The first-order chi connectivity index (χ1) is 7.15. The molecule has 82 valence electrons. The fourth-order valence-electron chi connectivity index (χ4n) is 1.81. The Hall–Kier alpha value is -0.540. The van der Waals surface area contributed by atoms with Crippen LogP contribution in [0.2, 0.25) is 0 Å². The van der Waals surface area contributed by atoms with Crippen molar-refractivity contribution >= 4 is 21.6 Å². The molecule has 0 amide bonds. The third-order valence-corrected chi connectivity index (χ3v) is 3.31. The SMILES string of the molecule is CN(Cc1ccc(Br)cc1N)CC1CC1. The average molecular weight is 269 g/mol. The smallest absolute Gasteiger partial charge is 0.0371 e. The lowest BCUT2D eigenvalue weighted by Crippen LogP contribution is -2.21. The predicted octanol–water partition coefficient (Wildman–Crippen LogP) is 2.87. The Balaban J connectivity index is 1.96. The number of nitrogens with two attached hydrogens (primary N) is 1. The molecular weight excluding hydrogens is 252 g/mol. The zero-order valence-electron chi connectivity index (χ0n) is 9.04. The number of hydrogen-bond donors (Lipinski definition) is 1. The molecule has 0 aromatic heterocycles. The van der Waals surface area contributed by atoms with E-state index in [0.717, 1.165) is 22.6 Å². The maximum Gasteiger partial charge on any atom is 0.0371 e. The van der Waals surface area contributed by atoms with Crippen LogP contribution in [0.25, 0.3) is 0 Å². The summed E-state index contributed by atoms with van der Waals surface area (Å²) in [5, 5.41) is 0. The summed E-state index contributed by atoms with van der Waals surface area (Å²) >= 11 is 3.42. The van der Waals surface area contributed by atoms with Gasteiger partial charge in [0.25, 0.3) is 0 Å². The molecule has 0 saturated heterocycles. The minimum Gasteiger partial charge on any atom is -0.398 e. The third kappa shape index (κ3) is 3.21. The van der Waals surface area contributed by atoms with Crippen LogP contribution in [0.15, 0.2) is 22.7 Å². The van der Waals surface area contributed by atoms with E-state index in [9.17, 15) is 0 Å². The van der Waals surface area contributed by atoms with Gasteiger partial charge in [-0.3, -0.25) is 0 Å². The minimum atomic E-state index is 0.882. The molecule has 2 rings (SSSR count). The van der Waals surface area contributed by atoms with Crippen molar-refractivity contribution in [3.05, 3.63) is 28.2 Å². The van der Waals surface area contributed by atoms with Gasteiger partial charge in [-0.2, -0.15) is 0 Å². The zero-order chi connectivity index (χ0) is 10.8. The Morgan fingerprint density at radius 3 is 2.80 bits per heavy atom. The number of rotatable bonds is 4. The molecule has 0 aliphatic heterocycles. The van der Waals surface area contributed by atoms with Gasteiger partial charge in [-0.1, -0.05) is 22.0 Å². The number of nitrogen functional groups attached to an aromatic ring is 1. The number of hydrogen-bond acceptors (Lipinski definition) is 2. The lowest BCUT2D eigenvalue weighted by molar-refractivity contribution is 0.313. The van der Waals surface area contributed by atoms with Gasteiger partial charge in [0, 0.05) is 23.2 Å². The second-order valence-corrected chi connectivity index (χ2v) is 5.40. The second-order valence-electron chi connectivity index (χ2n) is 4.48. The van der Waals surface area contributed by atoms with Gasteiger partial charge in [0.2, 0.25) is 0 Å². The Morgan fingerprint density at radius 2 is 2.20 bits per heavy atom. The van der Waals surface area contributed by atoms with Crippen LogP contribution in [-0.2, 0) is 6.54 Å². The van der Waals surface area contributed by atoms with Gasteiger partial charge in [0.05, 0.1) is 0 Å². The first-order valence-corrected chi connectivity index (χ1v) is 6.17. The van der Waals surface area contributed by atoms with Crippen molar-refractivity contribution in [2.75, 3.05) is 19.3 Å². The minimum absolute atomic E-state index is 0.882. The molecule has 2 N–H and O–H groups in total. The van der Waals surface area contributed by atoms with E-state index < -0.39 is 0 Å². The summed E-state index contributed by atoms with van der Waals surface area (Å²) in [4.78, 5) is 2.36. The highest BCUT2D eigenvalue weighted by atomic mass is 79.9. The van der Waals surface area contributed by atoms with Gasteiger partial charge in [0.15, 0.2) is 0 Å². The van der Waals surface area contributed by atoms with E-state index in [2.05, 4.69) is 40.0 Å². The van der Waals surface area contributed by atoms with E-state index in [1.54, 1.807) is 0 Å². The lowest BCUT2D eigenvalue weighted by atomic mass is 10.1. The van der Waals surface area contributed by atoms with Gasteiger partial charge < -0.3 is 10.6 Å². The summed E-state index contributed by atoms with van der Waals surface area (Å²) in [6.07, 6.45) is 2.81. The standard InChI is InChI=1S/C12H17BrN2/c1-15(7-9-2-3-9)8-10-4-5-11(13)6-12(10)14/h4-6,9H,2-3,7-8,14H2,1H3. The van der Waals surface area contributed by atoms with Crippen LogP contribution in [0.4, 0.5) is 5.69 Å². The summed E-state index contributed by atoms with van der Waals surface area (Å²) in [5.74, 6) is 0.937. The van der Waals surface area contributed by atoms with Crippen molar-refractivity contribution in [1.82, 2.24) is 4.90 Å². The van der Waals surface area contributed by atoms with Crippen LogP contribution >= 0.6 is 15.9 Å². The maximum absolute atomic E-state index is 5.96. The number of anilines is 1. The first-order valence-electron chi connectivity index (χ1n) is 5.37. The van der Waals surface area contributed by atoms with Crippen molar-refractivity contribution in [2.24, 2.45) is 5.92 Å². The maximum atomic E-state index is 5.96. The molecule has 0 spiro atoms. The van der Waals surface area contributed by atoms with Crippen molar-refractivity contribution in [3.63, 3.8) is 0 Å². The highest BCUT2D eigenvalue weighted by molar-refractivity contribution is 9.10. The second kappa shape index (κ2) is 4.54. The molecule has 0 atom stereocenters. The molecule has 0 unspecified atom stereocenters. The molecule has 3 heteroatoms. The molecule has 1 aromatic rings. The van der Waals surface area contributed by atoms with Crippen LogP contribution < -0.4 is 5.73 Å². The Morgan fingerprint density at radius 1 is 1.47 bits per heavy atom. The monoisotopic (exact) mass is 268 g/mol. The predicted molar refractivity (Wildman–Crippen MR) is 67.6 cm³/mol. The highest BCUT2D eigenvalue weighted by Gasteiger charge is 2.22. The van der Waals surface area contributed by atoms with Crippen molar-refractivity contribution in [3.8, 4) is 0 Å². The molecule has 1 aliphatic rings. The van der Waals surface area contributed by atoms with E-state index in [1.807, 2.05) is 6.07 Å². The normalized spacial score (nSPS) is 15.9. The van der Waals surface area contributed by atoms with E-state index in [1.165, 1.54) is 24.9 Å². The third-order valence-electron chi connectivity index (χ3n) is 2.81. The Bertz CT molecular complexity index is 347. The largest absolute Gasteiger partial charge is 0.398 e. The molecule has 1 fully saturated rings. The summed E-state index contributed by atoms with van der Waals surface area (Å²) in [6.45, 7) is 2.16. The fourth-order valence-corrected chi connectivity index (χ4v) is 2.19. The first kappa shape index (κ1) is 11.0. The molecule has 0 heterocycles. The van der Waals surface area contributed by atoms with Gasteiger partial charge in [-0.15, -0.1) is 0 Å². The average Bonchev–Trinajstić information content (AvgIpc) is 2.94. The van der Waals surface area contributed by atoms with E-state index in [0.29, 0.717) is 0 Å². The molecule has 0 radical (unpaired) electrons.